The molecule has 8 unspecified atom stereocenters. The van der Waals surface area contributed by atoms with Crippen molar-refractivity contribution in [2.24, 2.45) is 0 Å². The molecule has 70 heavy (non-hydrogen) atoms. The molecule has 12 heteroatoms. The smallest absolute Gasteiger partial charge is 0.184 e. The molecule has 0 aromatic heterocycles. The molecule has 4 aromatic carbocycles. The van der Waals surface area contributed by atoms with Crippen molar-refractivity contribution in [2.45, 2.75) is 169 Å². The van der Waals surface area contributed by atoms with Gasteiger partial charge in [0.25, 0.3) is 0 Å². The van der Waals surface area contributed by atoms with Gasteiger partial charge in [-0.05, 0) is 128 Å². The van der Waals surface area contributed by atoms with Crippen LogP contribution in [0, 0.1) is 0 Å². The van der Waals surface area contributed by atoms with Crippen molar-refractivity contribution in [1.82, 2.24) is 0 Å². The van der Waals surface area contributed by atoms with E-state index in [9.17, 15) is 0 Å². The molecule has 0 saturated carbocycles. The largest absolute Gasteiger partial charge is 0.494 e. The topological polar surface area (TPSA) is 111 Å². The van der Waals surface area contributed by atoms with E-state index >= 15 is 0 Å². The minimum absolute atomic E-state index is 0.216. The van der Waals surface area contributed by atoms with Crippen LogP contribution in [0.4, 0.5) is 0 Å². The molecule has 0 aliphatic carbocycles. The molecular weight excluding hydrogens is 889 g/mol. The first-order chi connectivity index (χ1) is 34.3. The molecule has 4 aliphatic heterocycles. The molecule has 388 valence electrons. The lowest BCUT2D eigenvalue weighted by molar-refractivity contribution is -0.218. The number of rotatable bonds is 18. The highest BCUT2D eigenvalue weighted by Gasteiger charge is 2.26. The first kappa shape index (κ1) is 56.7. The predicted octanol–water partition coefficient (Wildman–Crippen LogP) is 14.0. The number of hydrogen-bond donors (Lipinski definition) is 0. The summed E-state index contributed by atoms with van der Waals surface area (Å²) in [5.41, 5.74) is 4.26. The summed E-state index contributed by atoms with van der Waals surface area (Å²) < 4.78 is 67.8. The Morgan fingerprint density at radius 2 is 0.686 bits per heavy atom. The van der Waals surface area contributed by atoms with Crippen LogP contribution in [0.25, 0.3) is 0 Å². The van der Waals surface area contributed by atoms with Crippen LogP contribution >= 0.6 is 0 Å². The zero-order valence-electron chi connectivity index (χ0n) is 43.5. The highest BCUT2D eigenvalue weighted by atomic mass is 16.7. The summed E-state index contributed by atoms with van der Waals surface area (Å²) >= 11 is 0. The maximum atomic E-state index is 6.01. The van der Waals surface area contributed by atoms with Crippen molar-refractivity contribution in [2.75, 3.05) is 52.9 Å². The summed E-state index contributed by atoms with van der Waals surface area (Å²) in [5.74, 6) is 3.56. The van der Waals surface area contributed by atoms with E-state index in [4.69, 9.17) is 56.8 Å². The third-order valence-corrected chi connectivity index (χ3v) is 12.0. The summed E-state index contributed by atoms with van der Waals surface area (Å²) in [5, 5.41) is 0. The molecule has 0 N–H and O–H groups in total. The van der Waals surface area contributed by atoms with Crippen LogP contribution in [0.15, 0.2) is 97.1 Å². The van der Waals surface area contributed by atoms with Crippen molar-refractivity contribution in [3.8, 4) is 23.0 Å². The molecule has 4 fully saturated rings. The van der Waals surface area contributed by atoms with E-state index in [0.717, 1.165) is 123 Å². The highest BCUT2D eigenvalue weighted by molar-refractivity contribution is 5.30. The van der Waals surface area contributed by atoms with Crippen LogP contribution in [-0.4, -0.2) is 77.3 Å². The van der Waals surface area contributed by atoms with E-state index < -0.39 is 0 Å². The molecule has 8 atom stereocenters. The normalized spacial score (nSPS) is 24.2. The van der Waals surface area contributed by atoms with Crippen LogP contribution < -0.4 is 18.9 Å². The van der Waals surface area contributed by atoms with Crippen LogP contribution in [-0.2, 0) is 37.9 Å². The first-order valence-corrected chi connectivity index (χ1v) is 26.3. The summed E-state index contributed by atoms with van der Waals surface area (Å²) in [7, 11) is 0. The fraction of sp³-hybridized carbons (Fsp3) is 0.586. The van der Waals surface area contributed by atoms with Gasteiger partial charge in [0.05, 0.1) is 77.3 Å². The Morgan fingerprint density at radius 1 is 0.371 bits per heavy atom. The molecule has 0 amide bonds. The molecule has 0 bridgehead atoms. The second kappa shape index (κ2) is 32.7. The zero-order valence-corrected chi connectivity index (χ0v) is 43.5. The molecule has 4 heterocycles. The van der Waals surface area contributed by atoms with Gasteiger partial charge < -0.3 is 56.8 Å². The Labute approximate surface area is 419 Å². The van der Waals surface area contributed by atoms with E-state index in [1.54, 1.807) is 0 Å². The van der Waals surface area contributed by atoms with Crippen molar-refractivity contribution < 1.29 is 56.8 Å². The van der Waals surface area contributed by atoms with Gasteiger partial charge in [-0.3, -0.25) is 0 Å². The van der Waals surface area contributed by atoms with Gasteiger partial charge >= 0.3 is 0 Å². The van der Waals surface area contributed by atoms with Crippen molar-refractivity contribution in [3.63, 3.8) is 0 Å². The number of unbranched alkanes of at least 4 members (excludes halogenated alkanes) is 1. The third-order valence-electron chi connectivity index (χ3n) is 12.0. The van der Waals surface area contributed by atoms with Crippen molar-refractivity contribution in [1.29, 1.82) is 0 Å². The minimum atomic E-state index is -0.223. The molecule has 8 rings (SSSR count). The Bertz CT molecular complexity index is 1920. The average molecular weight is 973 g/mol. The van der Waals surface area contributed by atoms with Gasteiger partial charge in [-0.1, -0.05) is 88.6 Å². The van der Waals surface area contributed by atoms with Gasteiger partial charge in [-0.25, -0.2) is 0 Å². The van der Waals surface area contributed by atoms with E-state index in [1.807, 2.05) is 125 Å². The second-order valence-corrected chi connectivity index (χ2v) is 17.5. The molecule has 0 spiro atoms. The fourth-order valence-corrected chi connectivity index (χ4v) is 8.15. The lowest BCUT2D eigenvalue weighted by atomic mass is 10.1. The van der Waals surface area contributed by atoms with Gasteiger partial charge in [0, 0.05) is 22.3 Å². The van der Waals surface area contributed by atoms with Crippen LogP contribution in [0.2, 0.25) is 0 Å². The average Bonchev–Trinajstić information content (AvgIpc) is 3.40. The molecule has 12 nitrogen and oxygen atoms in total. The summed E-state index contributed by atoms with van der Waals surface area (Å²) in [6.45, 7) is 22.4. The van der Waals surface area contributed by atoms with Crippen LogP contribution in [0.5, 0.6) is 23.0 Å². The Morgan fingerprint density at radius 3 is 1.00 bits per heavy atom. The number of benzene rings is 4. The molecule has 4 aliphatic rings. The Balaban J connectivity index is 0.000000174. The summed E-state index contributed by atoms with van der Waals surface area (Å²) in [6.07, 6.45) is 11.2. The van der Waals surface area contributed by atoms with Gasteiger partial charge in [0.2, 0.25) is 0 Å². The predicted molar refractivity (Wildman–Crippen MR) is 274 cm³/mol. The lowest BCUT2D eigenvalue weighted by Gasteiger charge is -2.30. The fourth-order valence-electron chi connectivity index (χ4n) is 8.15. The Kier molecular flexibility index (Phi) is 26.5. The SMILES string of the molecule is CCCC1CCOC(c2ccc(OCC)cc2)O1.CCCCC1CCOC(c2ccc(OCC)cc2)O1.CCOc1ccc(C2OCCC(C)O2)cc1.CCOc1ccc(C2OCCC(CC)O2)cc1. The van der Waals surface area contributed by atoms with Crippen molar-refractivity contribution >= 4 is 0 Å². The van der Waals surface area contributed by atoms with Crippen LogP contribution in [0.3, 0.4) is 0 Å². The Hall–Kier alpha value is -4.24. The maximum Gasteiger partial charge on any atom is 0.184 e. The first-order valence-electron chi connectivity index (χ1n) is 26.3. The zero-order chi connectivity index (χ0) is 49.8. The summed E-state index contributed by atoms with van der Waals surface area (Å²) in [4.78, 5) is 0. The van der Waals surface area contributed by atoms with Crippen LogP contribution in [0.1, 0.15) is 167 Å². The highest BCUT2D eigenvalue weighted by Crippen LogP contribution is 2.32. The number of hydrogen-bond acceptors (Lipinski definition) is 12. The molecular formula is C58H84O12. The standard InChI is InChI=1S/C16H24O3.C15H22O3.C14H20O3.C13H18O3/c1-3-5-6-15-11-12-18-16(19-15)13-7-9-14(10-8-13)17-4-2;1-3-5-14-10-11-17-15(18-14)12-6-8-13(9-7-12)16-4-2;1-3-12-9-10-16-14(17-12)11-5-7-13(8-6-11)15-4-2;1-3-14-12-6-4-11(5-7-12)13-15-9-8-10(2)16-13/h7-10,15-16H,3-6,11-12H2,1-2H3;6-9,14-15H,3-5,10-11H2,1-2H3;5-8,12,14H,3-4,9-10H2,1-2H3;4-7,10,13H,3,8-9H2,1-2H3. The van der Waals surface area contributed by atoms with Gasteiger partial charge in [-0.2, -0.15) is 0 Å². The van der Waals surface area contributed by atoms with Gasteiger partial charge in [0.1, 0.15) is 23.0 Å². The quantitative estimate of drug-likeness (QED) is 0.0946. The minimum Gasteiger partial charge on any atom is -0.494 e. The van der Waals surface area contributed by atoms with E-state index in [1.165, 1.54) is 12.8 Å². The van der Waals surface area contributed by atoms with E-state index in [-0.39, 0.29) is 31.3 Å². The molecule has 4 saturated heterocycles. The van der Waals surface area contributed by atoms with Crippen molar-refractivity contribution in [3.05, 3.63) is 119 Å². The van der Waals surface area contributed by atoms with E-state index in [2.05, 4.69) is 27.7 Å². The van der Waals surface area contributed by atoms with E-state index in [0.29, 0.717) is 44.7 Å². The van der Waals surface area contributed by atoms with Gasteiger partial charge in [0.15, 0.2) is 25.2 Å². The summed E-state index contributed by atoms with van der Waals surface area (Å²) in [6, 6.07) is 31.8. The molecule has 0 radical (unpaired) electrons. The van der Waals surface area contributed by atoms with Gasteiger partial charge in [-0.15, -0.1) is 0 Å². The lowest BCUT2D eigenvalue weighted by Crippen LogP contribution is -2.26. The number of ether oxygens (including phenoxy) is 12. The molecule has 4 aromatic rings. The monoisotopic (exact) mass is 973 g/mol. The third kappa shape index (κ3) is 19.8. The second-order valence-electron chi connectivity index (χ2n) is 17.5. The maximum absolute atomic E-state index is 6.01.